The van der Waals surface area contributed by atoms with Crippen LogP contribution in [0.5, 0.6) is 0 Å². The molecule has 1 aliphatic rings. The molecular weight excluding hydrogens is 240 g/mol. The number of hydrogen-bond acceptors (Lipinski definition) is 4. The smallest absolute Gasteiger partial charge is 0.303 e. The van der Waals surface area contributed by atoms with Crippen molar-refractivity contribution in [2.24, 2.45) is 5.73 Å². The lowest BCUT2D eigenvalue weighted by molar-refractivity contribution is -0.137. The summed E-state index contributed by atoms with van der Waals surface area (Å²) in [6.45, 7) is 0.643. The fourth-order valence-electron chi connectivity index (χ4n) is 1.72. The van der Waals surface area contributed by atoms with Gasteiger partial charge in [-0.25, -0.2) is 0 Å². The molecule has 1 rings (SSSR count). The van der Waals surface area contributed by atoms with Crippen LogP contribution in [0.1, 0.15) is 32.1 Å². The van der Waals surface area contributed by atoms with Gasteiger partial charge in [0.2, 0.25) is 5.91 Å². The van der Waals surface area contributed by atoms with Crippen LogP contribution in [0, 0.1) is 0 Å². The highest BCUT2D eigenvalue weighted by atomic mass is 32.2. The van der Waals surface area contributed by atoms with Crippen LogP contribution >= 0.6 is 11.8 Å². The minimum absolute atomic E-state index is 0.0627. The van der Waals surface area contributed by atoms with Crippen molar-refractivity contribution in [3.05, 3.63) is 0 Å². The first-order chi connectivity index (χ1) is 8.09. The van der Waals surface area contributed by atoms with Crippen LogP contribution in [0.2, 0.25) is 0 Å². The highest BCUT2D eigenvalue weighted by Crippen LogP contribution is 2.24. The van der Waals surface area contributed by atoms with Gasteiger partial charge in [-0.3, -0.25) is 9.59 Å². The standard InChI is InChI=1S/C11H20N2O3S/c12-9(4-5-10(14)15)11(16)13-7-8-3-1-2-6-17-8/h8-9H,1-7,12H2,(H,13,16)(H,14,15). The predicted octanol–water partition coefficient (Wildman–Crippen LogP) is 0.580. The molecule has 1 fully saturated rings. The Balaban J connectivity index is 2.16. The zero-order valence-electron chi connectivity index (χ0n) is 9.85. The van der Waals surface area contributed by atoms with Crippen LogP contribution < -0.4 is 11.1 Å². The number of nitrogens with two attached hydrogens (primary N) is 1. The SMILES string of the molecule is NC(CCC(=O)O)C(=O)NCC1CCCCS1. The summed E-state index contributed by atoms with van der Waals surface area (Å²) in [5, 5.41) is 11.8. The topological polar surface area (TPSA) is 92.4 Å². The number of carboxylic acid groups (broad SMARTS) is 1. The summed E-state index contributed by atoms with van der Waals surface area (Å²) in [5.41, 5.74) is 5.60. The second-order valence-electron chi connectivity index (χ2n) is 4.27. The number of carbonyl (C=O) groups is 2. The number of aliphatic carboxylic acids is 1. The molecule has 1 amide bonds. The molecular formula is C11H20N2O3S. The van der Waals surface area contributed by atoms with E-state index >= 15 is 0 Å². The average molecular weight is 260 g/mol. The van der Waals surface area contributed by atoms with Crippen LogP contribution in [-0.4, -0.2) is 40.6 Å². The fourth-order valence-corrected chi connectivity index (χ4v) is 2.96. The number of carboxylic acids is 1. The molecule has 0 aromatic heterocycles. The molecule has 0 spiro atoms. The molecule has 1 saturated heterocycles. The monoisotopic (exact) mass is 260 g/mol. The Labute approximate surface area is 106 Å². The summed E-state index contributed by atoms with van der Waals surface area (Å²) in [6.07, 6.45) is 3.74. The Morgan fingerprint density at radius 2 is 2.24 bits per heavy atom. The molecule has 4 N–H and O–H groups in total. The van der Waals surface area contributed by atoms with E-state index in [-0.39, 0.29) is 18.7 Å². The Morgan fingerprint density at radius 3 is 2.82 bits per heavy atom. The van der Waals surface area contributed by atoms with Crippen molar-refractivity contribution >= 4 is 23.6 Å². The molecule has 6 heteroatoms. The van der Waals surface area contributed by atoms with Crippen LogP contribution in [0.25, 0.3) is 0 Å². The molecule has 0 aromatic carbocycles. The molecule has 0 saturated carbocycles. The zero-order valence-corrected chi connectivity index (χ0v) is 10.7. The maximum atomic E-state index is 11.6. The molecule has 98 valence electrons. The molecule has 0 aromatic rings. The number of amides is 1. The van der Waals surface area contributed by atoms with Crippen LogP contribution in [0.3, 0.4) is 0 Å². The number of nitrogens with one attached hydrogen (secondary N) is 1. The molecule has 0 radical (unpaired) electrons. The van der Waals surface area contributed by atoms with Gasteiger partial charge in [0.05, 0.1) is 6.04 Å². The summed E-state index contributed by atoms with van der Waals surface area (Å²) < 4.78 is 0. The zero-order chi connectivity index (χ0) is 12.7. The Morgan fingerprint density at radius 1 is 1.47 bits per heavy atom. The van der Waals surface area contributed by atoms with E-state index in [1.54, 1.807) is 0 Å². The first-order valence-electron chi connectivity index (χ1n) is 5.96. The van der Waals surface area contributed by atoms with Gasteiger partial charge in [-0.2, -0.15) is 11.8 Å². The highest BCUT2D eigenvalue weighted by molar-refractivity contribution is 7.99. The number of thioether (sulfide) groups is 1. The second kappa shape index (κ2) is 7.55. The summed E-state index contributed by atoms with van der Waals surface area (Å²) >= 11 is 1.89. The quantitative estimate of drug-likeness (QED) is 0.649. The van der Waals surface area contributed by atoms with E-state index < -0.39 is 12.0 Å². The van der Waals surface area contributed by atoms with Gasteiger partial charge in [0, 0.05) is 18.2 Å². The van der Waals surface area contributed by atoms with Gasteiger partial charge in [0.25, 0.3) is 0 Å². The van der Waals surface area contributed by atoms with Gasteiger partial charge >= 0.3 is 5.97 Å². The van der Waals surface area contributed by atoms with Gasteiger partial charge in [-0.05, 0) is 25.0 Å². The summed E-state index contributed by atoms with van der Waals surface area (Å²) in [7, 11) is 0. The maximum Gasteiger partial charge on any atom is 0.303 e. The van der Waals surface area contributed by atoms with E-state index in [2.05, 4.69) is 5.32 Å². The Bertz CT molecular complexity index is 267. The number of rotatable bonds is 6. The van der Waals surface area contributed by atoms with Gasteiger partial charge in [-0.15, -0.1) is 0 Å². The lowest BCUT2D eigenvalue weighted by Gasteiger charge is -2.22. The molecule has 2 atom stereocenters. The number of hydrogen-bond donors (Lipinski definition) is 3. The lowest BCUT2D eigenvalue weighted by atomic mass is 10.1. The third-order valence-electron chi connectivity index (χ3n) is 2.78. The third kappa shape index (κ3) is 5.93. The van der Waals surface area contributed by atoms with Crippen molar-refractivity contribution < 1.29 is 14.7 Å². The predicted molar refractivity (Wildman–Crippen MR) is 68.0 cm³/mol. The molecule has 1 aliphatic heterocycles. The van der Waals surface area contributed by atoms with E-state index in [0.29, 0.717) is 11.8 Å². The van der Waals surface area contributed by atoms with E-state index in [9.17, 15) is 9.59 Å². The number of carbonyl (C=O) groups excluding carboxylic acids is 1. The van der Waals surface area contributed by atoms with Crippen LogP contribution in [-0.2, 0) is 9.59 Å². The largest absolute Gasteiger partial charge is 0.481 e. The maximum absolute atomic E-state index is 11.6. The molecule has 0 bridgehead atoms. The van der Waals surface area contributed by atoms with Gasteiger partial charge < -0.3 is 16.2 Å². The van der Waals surface area contributed by atoms with Crippen molar-refractivity contribution in [3.8, 4) is 0 Å². The van der Waals surface area contributed by atoms with E-state index in [1.165, 1.54) is 12.8 Å². The summed E-state index contributed by atoms with van der Waals surface area (Å²) in [4.78, 5) is 21.9. The first-order valence-corrected chi connectivity index (χ1v) is 7.01. The Kier molecular flexibility index (Phi) is 6.36. The van der Waals surface area contributed by atoms with E-state index in [4.69, 9.17) is 10.8 Å². The van der Waals surface area contributed by atoms with Gasteiger partial charge in [0.1, 0.15) is 0 Å². The van der Waals surface area contributed by atoms with Crippen molar-refractivity contribution in [2.45, 2.75) is 43.4 Å². The second-order valence-corrected chi connectivity index (χ2v) is 5.68. The molecule has 2 unspecified atom stereocenters. The minimum atomic E-state index is -0.920. The van der Waals surface area contributed by atoms with E-state index in [1.807, 2.05) is 11.8 Å². The summed E-state index contributed by atoms with van der Waals surface area (Å²) in [6, 6.07) is -0.709. The fraction of sp³-hybridized carbons (Fsp3) is 0.818. The normalized spacial score (nSPS) is 21.8. The van der Waals surface area contributed by atoms with Gasteiger partial charge in [-0.1, -0.05) is 6.42 Å². The minimum Gasteiger partial charge on any atom is -0.481 e. The van der Waals surface area contributed by atoms with Crippen molar-refractivity contribution in [3.63, 3.8) is 0 Å². The van der Waals surface area contributed by atoms with E-state index in [0.717, 1.165) is 12.2 Å². The van der Waals surface area contributed by atoms with Crippen molar-refractivity contribution in [1.82, 2.24) is 5.32 Å². The van der Waals surface area contributed by atoms with Crippen LogP contribution in [0.4, 0.5) is 0 Å². The average Bonchev–Trinajstić information content (AvgIpc) is 2.34. The van der Waals surface area contributed by atoms with Crippen molar-refractivity contribution in [2.75, 3.05) is 12.3 Å². The lowest BCUT2D eigenvalue weighted by Crippen LogP contribution is -2.43. The third-order valence-corrected chi connectivity index (χ3v) is 4.18. The Hall–Kier alpha value is -0.750. The first kappa shape index (κ1) is 14.3. The molecule has 17 heavy (non-hydrogen) atoms. The molecule has 0 aliphatic carbocycles. The van der Waals surface area contributed by atoms with Crippen molar-refractivity contribution in [1.29, 1.82) is 0 Å². The highest BCUT2D eigenvalue weighted by Gasteiger charge is 2.18. The van der Waals surface area contributed by atoms with Crippen LogP contribution in [0.15, 0.2) is 0 Å². The molecule has 5 nitrogen and oxygen atoms in total. The van der Waals surface area contributed by atoms with Gasteiger partial charge in [0.15, 0.2) is 0 Å². The summed E-state index contributed by atoms with van der Waals surface area (Å²) in [5.74, 6) is -0.000449. The molecule has 1 heterocycles.